The van der Waals surface area contributed by atoms with Crippen LogP contribution in [0.15, 0.2) is 17.2 Å². The SMILES string of the molecule is CCOC(=O)CCNc1nccn(CC(C)C)c1=O. The summed E-state index contributed by atoms with van der Waals surface area (Å²) in [5, 5.41) is 2.87. The highest BCUT2D eigenvalue weighted by atomic mass is 16.5. The van der Waals surface area contributed by atoms with Gasteiger partial charge in [0, 0.05) is 25.5 Å². The maximum absolute atomic E-state index is 12.0. The van der Waals surface area contributed by atoms with E-state index in [0.29, 0.717) is 25.6 Å². The van der Waals surface area contributed by atoms with E-state index in [0.717, 1.165) is 0 Å². The lowest BCUT2D eigenvalue weighted by atomic mass is 10.2. The third-order valence-electron chi connectivity index (χ3n) is 2.40. The number of esters is 1. The topological polar surface area (TPSA) is 73.2 Å². The maximum atomic E-state index is 12.0. The van der Waals surface area contributed by atoms with Gasteiger partial charge in [0.1, 0.15) is 0 Å². The highest BCUT2D eigenvalue weighted by Crippen LogP contribution is 1.99. The van der Waals surface area contributed by atoms with Crippen LogP contribution in [0.3, 0.4) is 0 Å². The Labute approximate surface area is 112 Å². The summed E-state index contributed by atoms with van der Waals surface area (Å²) in [7, 11) is 0. The Morgan fingerprint density at radius 3 is 2.89 bits per heavy atom. The minimum Gasteiger partial charge on any atom is -0.466 e. The summed E-state index contributed by atoms with van der Waals surface area (Å²) in [5.41, 5.74) is -0.167. The fourth-order valence-corrected chi connectivity index (χ4v) is 1.62. The summed E-state index contributed by atoms with van der Waals surface area (Å²) in [4.78, 5) is 27.2. The molecule has 0 aromatic carbocycles. The lowest BCUT2D eigenvalue weighted by molar-refractivity contribution is -0.142. The van der Waals surface area contributed by atoms with Gasteiger partial charge in [-0.05, 0) is 12.8 Å². The van der Waals surface area contributed by atoms with Gasteiger partial charge in [0.15, 0.2) is 5.82 Å². The zero-order valence-electron chi connectivity index (χ0n) is 11.7. The van der Waals surface area contributed by atoms with Gasteiger partial charge in [-0.1, -0.05) is 13.8 Å². The van der Waals surface area contributed by atoms with E-state index in [4.69, 9.17) is 4.74 Å². The Morgan fingerprint density at radius 1 is 1.53 bits per heavy atom. The molecule has 0 saturated carbocycles. The lowest BCUT2D eigenvalue weighted by Gasteiger charge is -2.10. The van der Waals surface area contributed by atoms with Crippen LogP contribution in [0.5, 0.6) is 0 Å². The first kappa shape index (κ1) is 15.2. The van der Waals surface area contributed by atoms with E-state index in [1.165, 1.54) is 0 Å². The van der Waals surface area contributed by atoms with E-state index in [9.17, 15) is 9.59 Å². The molecule has 1 N–H and O–H groups in total. The number of nitrogens with zero attached hydrogens (tertiary/aromatic N) is 2. The number of nitrogens with one attached hydrogen (secondary N) is 1. The summed E-state index contributed by atoms with van der Waals surface area (Å²) >= 11 is 0. The van der Waals surface area contributed by atoms with E-state index in [2.05, 4.69) is 10.3 Å². The van der Waals surface area contributed by atoms with Gasteiger partial charge in [-0.2, -0.15) is 0 Å². The molecule has 0 unspecified atom stereocenters. The number of carbonyl (C=O) groups excluding carboxylic acids is 1. The number of hydrogen-bond donors (Lipinski definition) is 1. The van der Waals surface area contributed by atoms with Gasteiger partial charge in [-0.15, -0.1) is 0 Å². The predicted molar refractivity (Wildman–Crippen MR) is 73.1 cm³/mol. The molecule has 0 fully saturated rings. The molecule has 1 rings (SSSR count). The number of anilines is 1. The molecule has 0 atom stereocenters. The highest BCUT2D eigenvalue weighted by molar-refractivity contribution is 5.69. The average Bonchev–Trinajstić information content (AvgIpc) is 2.33. The monoisotopic (exact) mass is 267 g/mol. The fraction of sp³-hybridized carbons (Fsp3) is 0.615. The fourth-order valence-electron chi connectivity index (χ4n) is 1.62. The Balaban J connectivity index is 2.59. The van der Waals surface area contributed by atoms with Crippen molar-refractivity contribution in [2.45, 2.75) is 33.7 Å². The molecule has 1 heterocycles. The van der Waals surface area contributed by atoms with Crippen LogP contribution in [0, 0.1) is 5.92 Å². The average molecular weight is 267 g/mol. The van der Waals surface area contributed by atoms with Gasteiger partial charge in [0.05, 0.1) is 13.0 Å². The molecule has 1 aromatic rings. The molecule has 1 aromatic heterocycles. The third-order valence-corrected chi connectivity index (χ3v) is 2.40. The minimum absolute atomic E-state index is 0.167. The first-order chi connectivity index (χ1) is 9.04. The van der Waals surface area contributed by atoms with Crippen molar-refractivity contribution in [1.82, 2.24) is 9.55 Å². The molecule has 106 valence electrons. The number of hydrogen-bond acceptors (Lipinski definition) is 5. The maximum Gasteiger partial charge on any atom is 0.307 e. The molecule has 0 bridgehead atoms. The van der Waals surface area contributed by atoms with Crippen LogP contribution in [0.25, 0.3) is 0 Å². The quantitative estimate of drug-likeness (QED) is 0.753. The number of aromatic nitrogens is 2. The van der Waals surface area contributed by atoms with Crippen LogP contribution in [0.4, 0.5) is 5.82 Å². The smallest absolute Gasteiger partial charge is 0.307 e. The largest absolute Gasteiger partial charge is 0.466 e. The van der Waals surface area contributed by atoms with Crippen LogP contribution < -0.4 is 10.9 Å². The van der Waals surface area contributed by atoms with Crippen LogP contribution in [0.1, 0.15) is 27.2 Å². The van der Waals surface area contributed by atoms with Gasteiger partial charge < -0.3 is 14.6 Å². The van der Waals surface area contributed by atoms with Gasteiger partial charge in [-0.3, -0.25) is 9.59 Å². The molecule has 0 saturated heterocycles. The second-order valence-electron chi connectivity index (χ2n) is 4.61. The summed E-state index contributed by atoms with van der Waals surface area (Å²) in [6.45, 7) is 7.19. The molecule has 0 aliphatic rings. The standard InChI is InChI=1S/C13H21N3O3/c1-4-19-11(17)5-6-14-12-13(18)16(8-7-15-12)9-10(2)3/h7-8,10H,4-6,9H2,1-3H3,(H,14,15). The molecule has 0 aliphatic carbocycles. The summed E-state index contributed by atoms with van der Waals surface area (Å²) < 4.78 is 6.42. The molecule has 0 radical (unpaired) electrons. The highest BCUT2D eigenvalue weighted by Gasteiger charge is 2.07. The van der Waals surface area contributed by atoms with E-state index < -0.39 is 0 Å². The van der Waals surface area contributed by atoms with Gasteiger partial charge in [0.25, 0.3) is 5.56 Å². The van der Waals surface area contributed by atoms with E-state index >= 15 is 0 Å². The third kappa shape index (κ3) is 5.11. The molecular weight excluding hydrogens is 246 g/mol. The van der Waals surface area contributed by atoms with Gasteiger partial charge in [-0.25, -0.2) is 4.98 Å². The molecule has 0 amide bonds. The molecule has 0 spiro atoms. The first-order valence-corrected chi connectivity index (χ1v) is 6.49. The van der Waals surface area contributed by atoms with E-state index in [1.807, 2.05) is 13.8 Å². The summed E-state index contributed by atoms with van der Waals surface area (Å²) in [6, 6.07) is 0. The van der Waals surface area contributed by atoms with Crippen LogP contribution in [0.2, 0.25) is 0 Å². The second kappa shape index (κ2) is 7.56. The van der Waals surface area contributed by atoms with Crippen molar-refractivity contribution >= 4 is 11.8 Å². The Kier molecular flexibility index (Phi) is 6.05. The Morgan fingerprint density at radius 2 is 2.26 bits per heavy atom. The van der Waals surface area contributed by atoms with Crippen molar-refractivity contribution in [2.24, 2.45) is 5.92 Å². The number of ether oxygens (including phenoxy) is 1. The van der Waals surface area contributed by atoms with Crippen molar-refractivity contribution in [1.29, 1.82) is 0 Å². The molecule has 0 aliphatic heterocycles. The van der Waals surface area contributed by atoms with Crippen molar-refractivity contribution in [3.05, 3.63) is 22.7 Å². The zero-order chi connectivity index (χ0) is 14.3. The minimum atomic E-state index is -0.284. The van der Waals surface area contributed by atoms with Gasteiger partial charge >= 0.3 is 5.97 Å². The molecule has 6 heteroatoms. The zero-order valence-corrected chi connectivity index (χ0v) is 11.7. The van der Waals surface area contributed by atoms with E-state index in [-0.39, 0.29) is 23.8 Å². The van der Waals surface area contributed by atoms with Crippen LogP contribution >= 0.6 is 0 Å². The van der Waals surface area contributed by atoms with Gasteiger partial charge in [0.2, 0.25) is 0 Å². The molecular formula is C13H21N3O3. The van der Waals surface area contributed by atoms with Crippen molar-refractivity contribution in [2.75, 3.05) is 18.5 Å². The predicted octanol–water partition coefficient (Wildman–Crippen LogP) is 1.26. The normalized spacial score (nSPS) is 10.5. The van der Waals surface area contributed by atoms with Crippen LogP contribution in [-0.2, 0) is 16.1 Å². The Bertz CT molecular complexity index is 468. The number of rotatable bonds is 7. The summed E-state index contributed by atoms with van der Waals surface area (Å²) in [5.74, 6) is 0.369. The summed E-state index contributed by atoms with van der Waals surface area (Å²) in [6.07, 6.45) is 3.46. The molecule has 19 heavy (non-hydrogen) atoms. The molecule has 6 nitrogen and oxygen atoms in total. The second-order valence-corrected chi connectivity index (χ2v) is 4.61. The number of carbonyl (C=O) groups is 1. The van der Waals surface area contributed by atoms with Crippen molar-refractivity contribution in [3.8, 4) is 0 Å². The lowest BCUT2D eigenvalue weighted by Crippen LogP contribution is -2.26. The Hall–Kier alpha value is -1.85. The first-order valence-electron chi connectivity index (χ1n) is 6.49. The van der Waals surface area contributed by atoms with E-state index in [1.54, 1.807) is 23.9 Å². The van der Waals surface area contributed by atoms with Crippen LogP contribution in [-0.4, -0.2) is 28.7 Å². The van der Waals surface area contributed by atoms with Crippen molar-refractivity contribution < 1.29 is 9.53 Å². The van der Waals surface area contributed by atoms with Crippen molar-refractivity contribution in [3.63, 3.8) is 0 Å².